The summed E-state index contributed by atoms with van der Waals surface area (Å²) in [7, 11) is 0. The third kappa shape index (κ3) is 3.23. The molecule has 20 heavy (non-hydrogen) atoms. The number of carbonyl (C=O) groups is 1. The molecule has 0 aliphatic carbocycles. The molecule has 0 aliphatic rings. The number of unbranched alkanes of at least 4 members (excludes halogenated alkanes) is 1. The van der Waals surface area contributed by atoms with E-state index in [1.807, 2.05) is 24.3 Å². The number of ether oxygens (including phenoxy) is 1. The fourth-order valence-corrected chi connectivity index (χ4v) is 1.88. The Balaban J connectivity index is 2.38. The van der Waals surface area contributed by atoms with E-state index in [2.05, 4.69) is 22.2 Å². The molecule has 0 aliphatic heterocycles. The molecule has 0 spiro atoms. The molecule has 1 heterocycles. The highest BCUT2D eigenvalue weighted by Crippen LogP contribution is 2.20. The number of esters is 1. The van der Waals surface area contributed by atoms with Crippen LogP contribution in [0.25, 0.3) is 10.9 Å². The minimum Gasteiger partial charge on any atom is -0.460 e. The van der Waals surface area contributed by atoms with Gasteiger partial charge in [-0.25, -0.2) is 14.8 Å². The Bertz CT molecular complexity index is 599. The molecule has 106 valence electrons. The Kier molecular flexibility index (Phi) is 4.87. The van der Waals surface area contributed by atoms with E-state index in [9.17, 15) is 4.79 Å². The standard InChI is InChI=1S/C15H19N3O2/c1-3-5-10-16-13-11-8-6-7-9-12(11)17-14(18-13)15(19)20-4-2/h6-9H,3-5,10H2,1-2H3,(H,16,17,18). The summed E-state index contributed by atoms with van der Waals surface area (Å²) in [5.41, 5.74) is 0.740. The molecule has 0 atom stereocenters. The lowest BCUT2D eigenvalue weighted by molar-refractivity contribution is 0.0512. The van der Waals surface area contributed by atoms with Gasteiger partial charge in [0.15, 0.2) is 0 Å². The summed E-state index contributed by atoms with van der Waals surface area (Å²) in [6.45, 7) is 5.02. The molecule has 1 N–H and O–H groups in total. The summed E-state index contributed by atoms with van der Waals surface area (Å²) < 4.78 is 4.97. The van der Waals surface area contributed by atoms with E-state index in [0.29, 0.717) is 12.4 Å². The van der Waals surface area contributed by atoms with E-state index in [1.54, 1.807) is 6.92 Å². The van der Waals surface area contributed by atoms with Gasteiger partial charge < -0.3 is 10.1 Å². The van der Waals surface area contributed by atoms with Crippen molar-refractivity contribution in [2.45, 2.75) is 26.7 Å². The smallest absolute Gasteiger partial charge is 0.376 e. The molecular weight excluding hydrogens is 254 g/mol. The quantitative estimate of drug-likeness (QED) is 0.647. The van der Waals surface area contributed by atoms with Gasteiger partial charge in [0.2, 0.25) is 5.82 Å². The zero-order valence-electron chi connectivity index (χ0n) is 11.8. The molecule has 1 aromatic heterocycles. The number of para-hydroxylation sites is 1. The minimum absolute atomic E-state index is 0.101. The van der Waals surface area contributed by atoms with Gasteiger partial charge in [-0.3, -0.25) is 0 Å². The van der Waals surface area contributed by atoms with Crippen molar-refractivity contribution >= 4 is 22.7 Å². The molecule has 5 nitrogen and oxygen atoms in total. The highest BCUT2D eigenvalue weighted by molar-refractivity contribution is 5.94. The van der Waals surface area contributed by atoms with Crippen LogP contribution in [0.1, 0.15) is 37.3 Å². The fraction of sp³-hybridized carbons (Fsp3) is 0.400. The summed E-state index contributed by atoms with van der Waals surface area (Å²) >= 11 is 0. The largest absolute Gasteiger partial charge is 0.460 e. The van der Waals surface area contributed by atoms with Crippen LogP contribution in [0.5, 0.6) is 0 Å². The first-order valence-electron chi connectivity index (χ1n) is 6.94. The number of benzene rings is 1. The highest BCUT2D eigenvalue weighted by Gasteiger charge is 2.14. The van der Waals surface area contributed by atoms with Gasteiger partial charge in [-0.05, 0) is 25.5 Å². The average Bonchev–Trinajstić information content (AvgIpc) is 2.47. The summed E-state index contributed by atoms with van der Waals surface area (Å²) in [6.07, 6.45) is 2.15. The van der Waals surface area contributed by atoms with Crippen LogP contribution in [0, 0.1) is 0 Å². The first-order valence-corrected chi connectivity index (χ1v) is 6.94. The molecule has 2 aromatic rings. The van der Waals surface area contributed by atoms with Gasteiger partial charge in [0.1, 0.15) is 5.82 Å². The normalized spacial score (nSPS) is 10.5. The van der Waals surface area contributed by atoms with Crippen molar-refractivity contribution in [2.24, 2.45) is 0 Å². The van der Waals surface area contributed by atoms with Crippen molar-refractivity contribution in [3.05, 3.63) is 30.1 Å². The first-order chi connectivity index (χ1) is 9.76. The zero-order valence-corrected chi connectivity index (χ0v) is 11.8. The first kappa shape index (κ1) is 14.2. The maximum absolute atomic E-state index is 11.8. The van der Waals surface area contributed by atoms with Crippen molar-refractivity contribution < 1.29 is 9.53 Å². The molecule has 5 heteroatoms. The maximum Gasteiger partial charge on any atom is 0.376 e. The SMILES string of the molecule is CCCCNc1nc(C(=O)OCC)nc2ccccc12. The van der Waals surface area contributed by atoms with Crippen LogP contribution in [0.3, 0.4) is 0 Å². The van der Waals surface area contributed by atoms with Crippen molar-refractivity contribution in [1.29, 1.82) is 0 Å². The number of nitrogens with one attached hydrogen (secondary N) is 1. The zero-order chi connectivity index (χ0) is 14.4. The monoisotopic (exact) mass is 273 g/mol. The van der Waals surface area contributed by atoms with Gasteiger partial charge >= 0.3 is 5.97 Å². The Morgan fingerprint density at radius 1 is 1.25 bits per heavy atom. The average molecular weight is 273 g/mol. The number of hydrogen-bond donors (Lipinski definition) is 1. The fourth-order valence-electron chi connectivity index (χ4n) is 1.88. The van der Waals surface area contributed by atoms with Crippen LogP contribution in [0.2, 0.25) is 0 Å². The lowest BCUT2D eigenvalue weighted by Gasteiger charge is -2.10. The van der Waals surface area contributed by atoms with Crippen molar-refractivity contribution in [3.63, 3.8) is 0 Å². The number of aromatic nitrogens is 2. The molecule has 0 radical (unpaired) electrons. The summed E-state index contributed by atoms with van der Waals surface area (Å²) in [4.78, 5) is 20.3. The molecule has 0 saturated carbocycles. The Morgan fingerprint density at radius 3 is 2.80 bits per heavy atom. The summed E-state index contributed by atoms with van der Waals surface area (Å²) in [5, 5.41) is 4.18. The van der Waals surface area contributed by atoms with E-state index >= 15 is 0 Å². The number of hydrogen-bond acceptors (Lipinski definition) is 5. The molecule has 1 aromatic carbocycles. The van der Waals surface area contributed by atoms with Crippen LogP contribution in [-0.4, -0.2) is 29.1 Å². The van der Waals surface area contributed by atoms with Crippen LogP contribution < -0.4 is 5.32 Å². The Labute approximate surface area is 118 Å². The van der Waals surface area contributed by atoms with Gasteiger partial charge in [0.05, 0.1) is 12.1 Å². The van der Waals surface area contributed by atoms with Gasteiger partial charge in [-0.15, -0.1) is 0 Å². The van der Waals surface area contributed by atoms with Crippen LogP contribution >= 0.6 is 0 Å². The van der Waals surface area contributed by atoms with Crippen LogP contribution in [0.15, 0.2) is 24.3 Å². The second-order valence-electron chi connectivity index (χ2n) is 4.41. The van der Waals surface area contributed by atoms with Crippen molar-refractivity contribution in [3.8, 4) is 0 Å². The predicted molar refractivity (Wildman–Crippen MR) is 78.9 cm³/mol. The summed E-state index contributed by atoms with van der Waals surface area (Å²) in [5.74, 6) is 0.299. The molecule has 2 rings (SSSR count). The van der Waals surface area contributed by atoms with Crippen molar-refractivity contribution in [1.82, 2.24) is 9.97 Å². The second-order valence-corrected chi connectivity index (χ2v) is 4.41. The molecule has 0 saturated heterocycles. The van der Waals surface area contributed by atoms with Gasteiger partial charge in [0.25, 0.3) is 0 Å². The van der Waals surface area contributed by atoms with Gasteiger partial charge in [-0.1, -0.05) is 25.5 Å². The van der Waals surface area contributed by atoms with E-state index in [-0.39, 0.29) is 5.82 Å². The molecule has 0 amide bonds. The molecular formula is C15H19N3O2. The lowest BCUT2D eigenvalue weighted by Crippen LogP contribution is -2.13. The van der Waals surface area contributed by atoms with Crippen LogP contribution in [-0.2, 0) is 4.74 Å². The van der Waals surface area contributed by atoms with E-state index in [4.69, 9.17) is 4.74 Å². The number of rotatable bonds is 6. The molecule has 0 fully saturated rings. The van der Waals surface area contributed by atoms with Crippen molar-refractivity contribution in [2.75, 3.05) is 18.5 Å². The van der Waals surface area contributed by atoms with E-state index in [1.165, 1.54) is 0 Å². The predicted octanol–water partition coefficient (Wildman–Crippen LogP) is 3.02. The Morgan fingerprint density at radius 2 is 2.05 bits per heavy atom. The van der Waals surface area contributed by atoms with Gasteiger partial charge in [0, 0.05) is 11.9 Å². The number of carbonyl (C=O) groups excluding carboxylic acids is 1. The number of nitrogens with zero attached hydrogens (tertiary/aromatic N) is 2. The number of fused-ring (bicyclic) bond motifs is 1. The lowest BCUT2D eigenvalue weighted by atomic mass is 10.2. The van der Waals surface area contributed by atoms with Gasteiger partial charge in [-0.2, -0.15) is 0 Å². The van der Waals surface area contributed by atoms with E-state index < -0.39 is 5.97 Å². The third-order valence-corrected chi connectivity index (χ3v) is 2.88. The number of anilines is 1. The van der Waals surface area contributed by atoms with Crippen LogP contribution in [0.4, 0.5) is 5.82 Å². The highest BCUT2D eigenvalue weighted by atomic mass is 16.5. The Hall–Kier alpha value is -2.17. The topological polar surface area (TPSA) is 64.1 Å². The molecule has 0 bridgehead atoms. The molecule has 0 unspecified atom stereocenters. The second kappa shape index (κ2) is 6.84. The van der Waals surface area contributed by atoms with E-state index in [0.717, 1.165) is 30.3 Å². The minimum atomic E-state index is -0.489. The third-order valence-electron chi connectivity index (χ3n) is 2.88. The summed E-state index contributed by atoms with van der Waals surface area (Å²) in [6, 6.07) is 7.63. The maximum atomic E-state index is 11.8.